The summed E-state index contributed by atoms with van der Waals surface area (Å²) in [4.78, 5) is -0.945. The molecular formula is C19H16F5NO2S. The maximum Gasteiger partial charge on any atom is 0.416 e. The van der Waals surface area contributed by atoms with E-state index in [2.05, 4.69) is 0 Å². The third-order valence-electron chi connectivity index (χ3n) is 4.75. The van der Waals surface area contributed by atoms with Gasteiger partial charge in [-0.1, -0.05) is 12.1 Å². The fourth-order valence-electron chi connectivity index (χ4n) is 3.51. The zero-order valence-electron chi connectivity index (χ0n) is 14.7. The number of allylic oxidation sites excluding steroid dienone is 2. The van der Waals surface area contributed by atoms with Crippen molar-refractivity contribution in [1.82, 2.24) is 0 Å². The molecule has 0 aromatic heterocycles. The van der Waals surface area contributed by atoms with Crippen molar-refractivity contribution in [1.29, 1.82) is 0 Å². The Morgan fingerprint density at radius 3 is 2.18 bits per heavy atom. The second-order valence-corrected chi connectivity index (χ2v) is 8.18. The van der Waals surface area contributed by atoms with Crippen molar-refractivity contribution in [3.8, 4) is 0 Å². The van der Waals surface area contributed by atoms with Gasteiger partial charge in [0.15, 0.2) is 0 Å². The molecule has 3 nitrogen and oxygen atoms in total. The summed E-state index contributed by atoms with van der Waals surface area (Å²) in [7, 11) is -4.42. The Kier molecular flexibility index (Phi) is 5.09. The molecule has 0 aliphatic heterocycles. The second-order valence-electron chi connectivity index (χ2n) is 6.65. The van der Waals surface area contributed by atoms with Crippen LogP contribution in [0.5, 0.6) is 0 Å². The first-order valence-corrected chi connectivity index (χ1v) is 9.86. The monoisotopic (exact) mass is 417 g/mol. The van der Waals surface area contributed by atoms with E-state index in [1.807, 2.05) is 0 Å². The summed E-state index contributed by atoms with van der Waals surface area (Å²) in [5.41, 5.74) is 0.699. The summed E-state index contributed by atoms with van der Waals surface area (Å²) in [6.07, 6.45) is -2.99. The van der Waals surface area contributed by atoms with Crippen molar-refractivity contribution in [2.24, 2.45) is 5.14 Å². The van der Waals surface area contributed by atoms with Crippen LogP contribution in [-0.2, 0) is 16.2 Å². The molecular weight excluding hydrogens is 401 g/mol. The third-order valence-corrected chi connectivity index (χ3v) is 5.68. The van der Waals surface area contributed by atoms with Crippen LogP contribution >= 0.6 is 0 Å². The standard InChI is InChI=1S/C19H16F5NO2S/c1-10-7-11(5-6-15(10)19(22,23)24)12-3-2-4-13(12)14-8-17(21)18(9-16(14)20)28(25,26)27/h5-9H,2-4H2,1H3,(H2,25,26,27). The maximum absolute atomic E-state index is 14.5. The van der Waals surface area contributed by atoms with Crippen LogP contribution in [0.1, 0.15) is 41.5 Å². The molecule has 0 saturated carbocycles. The first-order valence-electron chi connectivity index (χ1n) is 8.32. The highest BCUT2D eigenvalue weighted by molar-refractivity contribution is 7.89. The van der Waals surface area contributed by atoms with Crippen molar-refractivity contribution in [3.63, 3.8) is 0 Å². The lowest BCUT2D eigenvalue weighted by Gasteiger charge is -2.14. The summed E-state index contributed by atoms with van der Waals surface area (Å²) in [6.45, 7) is 1.34. The molecule has 0 unspecified atom stereocenters. The minimum absolute atomic E-state index is 0.0278. The number of alkyl halides is 3. The van der Waals surface area contributed by atoms with E-state index in [9.17, 15) is 30.4 Å². The summed E-state index contributed by atoms with van der Waals surface area (Å²) in [5.74, 6) is -2.13. The summed E-state index contributed by atoms with van der Waals surface area (Å²) in [5, 5.41) is 4.88. The largest absolute Gasteiger partial charge is 0.416 e. The lowest BCUT2D eigenvalue weighted by atomic mass is 9.94. The number of nitrogens with two attached hydrogens (primary N) is 1. The molecule has 0 radical (unpaired) electrons. The Labute approximate surface area is 158 Å². The number of rotatable bonds is 3. The van der Waals surface area contributed by atoms with Crippen molar-refractivity contribution in [2.45, 2.75) is 37.3 Å². The van der Waals surface area contributed by atoms with Gasteiger partial charge < -0.3 is 0 Å². The lowest BCUT2D eigenvalue weighted by molar-refractivity contribution is -0.138. The molecule has 1 aliphatic rings. The molecule has 0 fully saturated rings. The van der Waals surface area contributed by atoms with Crippen LogP contribution in [0, 0.1) is 18.6 Å². The zero-order chi connectivity index (χ0) is 20.9. The molecule has 28 heavy (non-hydrogen) atoms. The number of hydrogen-bond acceptors (Lipinski definition) is 2. The zero-order valence-corrected chi connectivity index (χ0v) is 15.5. The summed E-state index contributed by atoms with van der Waals surface area (Å²) >= 11 is 0. The fraction of sp³-hybridized carbons (Fsp3) is 0.263. The first kappa shape index (κ1) is 20.5. The van der Waals surface area contributed by atoms with Crippen LogP contribution in [0.3, 0.4) is 0 Å². The molecule has 0 bridgehead atoms. The molecule has 0 atom stereocenters. The van der Waals surface area contributed by atoms with Gasteiger partial charge in [-0.2, -0.15) is 13.2 Å². The molecule has 2 aromatic rings. The van der Waals surface area contributed by atoms with E-state index in [0.717, 1.165) is 12.1 Å². The van der Waals surface area contributed by atoms with Crippen LogP contribution in [0.4, 0.5) is 22.0 Å². The number of aryl methyl sites for hydroxylation is 1. The van der Waals surface area contributed by atoms with Crippen LogP contribution in [0.2, 0.25) is 0 Å². The quantitative estimate of drug-likeness (QED) is 0.712. The number of primary sulfonamides is 1. The minimum atomic E-state index is -4.48. The molecule has 2 aromatic carbocycles. The van der Waals surface area contributed by atoms with Crippen molar-refractivity contribution in [2.75, 3.05) is 0 Å². The van der Waals surface area contributed by atoms with Gasteiger partial charge in [-0.15, -0.1) is 0 Å². The molecule has 2 N–H and O–H groups in total. The van der Waals surface area contributed by atoms with Crippen LogP contribution in [0.25, 0.3) is 11.1 Å². The van der Waals surface area contributed by atoms with Gasteiger partial charge in [0.25, 0.3) is 0 Å². The topological polar surface area (TPSA) is 60.2 Å². The number of benzene rings is 2. The van der Waals surface area contributed by atoms with E-state index < -0.39 is 38.3 Å². The summed E-state index contributed by atoms with van der Waals surface area (Å²) in [6, 6.07) is 4.95. The van der Waals surface area contributed by atoms with E-state index in [4.69, 9.17) is 5.14 Å². The van der Waals surface area contributed by atoms with Gasteiger partial charge in [0, 0.05) is 5.56 Å². The minimum Gasteiger partial charge on any atom is -0.225 e. The normalized spacial score (nSPS) is 15.4. The molecule has 0 heterocycles. The average Bonchev–Trinajstić information content (AvgIpc) is 3.03. The fourth-order valence-corrected chi connectivity index (χ4v) is 4.11. The molecule has 9 heteroatoms. The average molecular weight is 417 g/mol. The van der Waals surface area contributed by atoms with E-state index in [-0.39, 0.29) is 11.1 Å². The van der Waals surface area contributed by atoms with Crippen molar-refractivity contribution < 1.29 is 30.4 Å². The molecule has 0 spiro atoms. The van der Waals surface area contributed by atoms with E-state index in [1.54, 1.807) is 0 Å². The van der Waals surface area contributed by atoms with Gasteiger partial charge in [-0.25, -0.2) is 22.3 Å². The highest BCUT2D eigenvalue weighted by Gasteiger charge is 2.32. The van der Waals surface area contributed by atoms with Crippen LogP contribution in [-0.4, -0.2) is 8.42 Å². The molecule has 150 valence electrons. The van der Waals surface area contributed by atoms with E-state index >= 15 is 0 Å². The molecule has 0 amide bonds. The Hall–Kier alpha value is -2.26. The van der Waals surface area contributed by atoms with Gasteiger partial charge in [-0.3, -0.25) is 0 Å². The summed E-state index contributed by atoms with van der Waals surface area (Å²) < 4.78 is 90.3. The van der Waals surface area contributed by atoms with Gasteiger partial charge in [0.1, 0.15) is 16.5 Å². The van der Waals surface area contributed by atoms with Gasteiger partial charge >= 0.3 is 6.18 Å². The smallest absolute Gasteiger partial charge is 0.225 e. The Morgan fingerprint density at radius 1 is 0.964 bits per heavy atom. The predicted octanol–water partition coefficient (Wildman–Crippen LogP) is 5.03. The lowest BCUT2D eigenvalue weighted by Crippen LogP contribution is -2.15. The number of sulfonamides is 1. The number of hydrogen-bond donors (Lipinski definition) is 1. The first-order chi connectivity index (χ1) is 12.9. The highest BCUT2D eigenvalue weighted by Crippen LogP contribution is 2.42. The van der Waals surface area contributed by atoms with E-state index in [0.29, 0.717) is 42.0 Å². The van der Waals surface area contributed by atoms with Gasteiger partial charge in [0.2, 0.25) is 10.0 Å². The van der Waals surface area contributed by atoms with E-state index in [1.165, 1.54) is 19.1 Å². The predicted molar refractivity (Wildman–Crippen MR) is 94.6 cm³/mol. The highest BCUT2D eigenvalue weighted by atomic mass is 32.2. The Morgan fingerprint density at radius 2 is 1.61 bits per heavy atom. The molecule has 3 rings (SSSR count). The van der Waals surface area contributed by atoms with Gasteiger partial charge in [0.05, 0.1) is 5.56 Å². The second kappa shape index (κ2) is 6.97. The number of halogens is 5. The molecule has 0 saturated heterocycles. The van der Waals surface area contributed by atoms with Crippen LogP contribution < -0.4 is 5.14 Å². The van der Waals surface area contributed by atoms with Gasteiger partial charge in [-0.05, 0) is 66.7 Å². The van der Waals surface area contributed by atoms with Crippen LogP contribution in [0.15, 0.2) is 35.2 Å². The maximum atomic E-state index is 14.5. The SMILES string of the molecule is Cc1cc(C2=C(c3cc(F)c(S(N)(=O)=O)cc3F)CCC2)ccc1C(F)(F)F. The third kappa shape index (κ3) is 3.81. The Balaban J connectivity index is 2.13. The Bertz CT molecular complexity index is 1090. The molecule has 1 aliphatic carbocycles. The van der Waals surface area contributed by atoms with Crippen molar-refractivity contribution >= 4 is 21.2 Å². The van der Waals surface area contributed by atoms with Crippen molar-refractivity contribution in [3.05, 3.63) is 64.2 Å².